The number of aliphatic hydroxyl groups excluding tert-OH is 1. The monoisotopic (exact) mass is 431 g/mol. The van der Waals surface area contributed by atoms with Gasteiger partial charge in [0.15, 0.2) is 0 Å². The van der Waals surface area contributed by atoms with E-state index in [4.69, 9.17) is 27.9 Å². The molecule has 2 unspecified atom stereocenters. The molecule has 0 radical (unpaired) electrons. The number of nitrogens with zero attached hydrogens (tertiary/aromatic N) is 1. The number of likely N-dealkylation sites (tertiary alicyclic amines) is 1. The normalized spacial score (nSPS) is 23.7. The molecule has 2 fully saturated rings. The summed E-state index contributed by atoms with van der Waals surface area (Å²) in [5.74, 6) is -1.58. The molecule has 0 bridgehead atoms. The Balaban J connectivity index is 1.81. The average Bonchev–Trinajstić information content (AvgIpc) is 3.31. The molecule has 0 spiro atoms. The fourth-order valence-electron chi connectivity index (χ4n) is 3.83. The van der Waals surface area contributed by atoms with Crippen LogP contribution in [0.1, 0.15) is 30.0 Å². The third-order valence-electron chi connectivity index (χ3n) is 5.27. The summed E-state index contributed by atoms with van der Waals surface area (Å²) in [6.07, 6.45) is 1.62. The summed E-state index contributed by atoms with van der Waals surface area (Å²) < 4.78 is 5.68. The van der Waals surface area contributed by atoms with Crippen molar-refractivity contribution in [1.82, 2.24) is 4.90 Å². The van der Waals surface area contributed by atoms with Gasteiger partial charge >= 0.3 is 0 Å². The van der Waals surface area contributed by atoms with Gasteiger partial charge in [-0.1, -0.05) is 35.3 Å². The van der Waals surface area contributed by atoms with E-state index >= 15 is 0 Å². The average molecular weight is 432 g/mol. The predicted octanol–water partition coefficient (Wildman–Crippen LogP) is 4.59. The van der Waals surface area contributed by atoms with Crippen LogP contribution in [0.25, 0.3) is 5.76 Å². The summed E-state index contributed by atoms with van der Waals surface area (Å²) >= 11 is 11.9. The molecule has 2 aromatic carbocycles. The molecule has 2 aliphatic heterocycles. The van der Waals surface area contributed by atoms with Crippen LogP contribution in [0.2, 0.25) is 10.0 Å². The SMILES string of the molecule is O=C1C(=O)N(CC2CCCO2)C(c2ccc(Cl)cc2)C1=C(O)c1ccc(Cl)cc1. The summed E-state index contributed by atoms with van der Waals surface area (Å²) in [6, 6.07) is 12.7. The Morgan fingerprint density at radius 1 is 1.03 bits per heavy atom. The summed E-state index contributed by atoms with van der Waals surface area (Å²) in [7, 11) is 0. The van der Waals surface area contributed by atoms with Gasteiger partial charge < -0.3 is 14.7 Å². The zero-order chi connectivity index (χ0) is 20.5. The maximum absolute atomic E-state index is 12.9. The van der Waals surface area contributed by atoms with Crippen LogP contribution in [-0.2, 0) is 14.3 Å². The first kappa shape index (κ1) is 20.0. The number of hydrogen-bond donors (Lipinski definition) is 1. The van der Waals surface area contributed by atoms with Crippen molar-refractivity contribution in [2.24, 2.45) is 0 Å². The fourth-order valence-corrected chi connectivity index (χ4v) is 4.08. The molecule has 2 saturated heterocycles. The van der Waals surface area contributed by atoms with Gasteiger partial charge in [-0.2, -0.15) is 0 Å². The topological polar surface area (TPSA) is 66.8 Å². The Morgan fingerprint density at radius 3 is 2.24 bits per heavy atom. The van der Waals surface area contributed by atoms with Crippen molar-refractivity contribution in [2.75, 3.05) is 13.2 Å². The van der Waals surface area contributed by atoms with Crippen molar-refractivity contribution in [3.63, 3.8) is 0 Å². The highest BCUT2D eigenvalue weighted by Gasteiger charge is 2.47. The van der Waals surface area contributed by atoms with E-state index in [9.17, 15) is 14.7 Å². The zero-order valence-corrected chi connectivity index (χ0v) is 17.0. The number of ether oxygens (including phenoxy) is 1. The Morgan fingerprint density at radius 2 is 1.66 bits per heavy atom. The molecule has 2 atom stereocenters. The first-order valence-electron chi connectivity index (χ1n) is 9.37. The Bertz CT molecular complexity index is 963. The van der Waals surface area contributed by atoms with Gasteiger partial charge in [-0.05, 0) is 54.8 Å². The van der Waals surface area contributed by atoms with Crippen LogP contribution in [0.4, 0.5) is 0 Å². The summed E-state index contributed by atoms with van der Waals surface area (Å²) in [5, 5.41) is 12.0. The van der Waals surface area contributed by atoms with E-state index in [0.29, 0.717) is 27.8 Å². The minimum Gasteiger partial charge on any atom is -0.507 e. The third-order valence-corrected chi connectivity index (χ3v) is 5.77. The number of rotatable bonds is 4. The van der Waals surface area contributed by atoms with Crippen molar-refractivity contribution >= 4 is 40.7 Å². The number of aliphatic hydroxyl groups is 1. The summed E-state index contributed by atoms with van der Waals surface area (Å²) in [6.45, 7) is 0.931. The number of halogens is 2. The lowest BCUT2D eigenvalue weighted by Gasteiger charge is -2.27. The van der Waals surface area contributed by atoms with E-state index in [1.165, 1.54) is 4.90 Å². The zero-order valence-electron chi connectivity index (χ0n) is 15.5. The lowest BCUT2D eigenvalue weighted by molar-refractivity contribution is -0.140. The molecule has 0 aliphatic carbocycles. The van der Waals surface area contributed by atoms with Crippen molar-refractivity contribution < 1.29 is 19.4 Å². The van der Waals surface area contributed by atoms with Gasteiger partial charge in [0, 0.05) is 28.8 Å². The van der Waals surface area contributed by atoms with Gasteiger partial charge in [0.2, 0.25) is 0 Å². The van der Waals surface area contributed by atoms with E-state index in [2.05, 4.69) is 0 Å². The fraction of sp³-hybridized carbons (Fsp3) is 0.273. The molecule has 150 valence electrons. The Kier molecular flexibility index (Phi) is 5.63. The first-order valence-corrected chi connectivity index (χ1v) is 10.1. The molecule has 2 aromatic rings. The van der Waals surface area contributed by atoms with Crippen molar-refractivity contribution in [1.29, 1.82) is 0 Å². The minimum atomic E-state index is -0.716. The summed E-state index contributed by atoms with van der Waals surface area (Å²) in [5.41, 5.74) is 1.17. The quantitative estimate of drug-likeness (QED) is 0.436. The Hall–Kier alpha value is -2.34. The lowest BCUT2D eigenvalue weighted by Crippen LogP contribution is -2.36. The molecule has 0 saturated carbocycles. The second-order valence-corrected chi connectivity index (χ2v) is 8.02. The largest absolute Gasteiger partial charge is 0.507 e. The molecule has 0 aromatic heterocycles. The van der Waals surface area contributed by atoms with Gasteiger partial charge in [-0.3, -0.25) is 9.59 Å². The second-order valence-electron chi connectivity index (χ2n) is 7.14. The van der Waals surface area contributed by atoms with E-state index in [1.54, 1.807) is 48.5 Å². The highest BCUT2D eigenvalue weighted by Crippen LogP contribution is 2.40. The van der Waals surface area contributed by atoms with Gasteiger partial charge in [-0.25, -0.2) is 0 Å². The van der Waals surface area contributed by atoms with E-state index < -0.39 is 17.7 Å². The smallest absolute Gasteiger partial charge is 0.295 e. The predicted molar refractivity (Wildman–Crippen MR) is 111 cm³/mol. The number of ketones is 1. The van der Waals surface area contributed by atoms with Crippen LogP contribution in [0.5, 0.6) is 0 Å². The number of hydrogen-bond acceptors (Lipinski definition) is 4. The van der Waals surface area contributed by atoms with Crippen molar-refractivity contribution in [3.05, 3.63) is 75.3 Å². The highest BCUT2D eigenvalue weighted by molar-refractivity contribution is 6.46. The molecule has 1 amide bonds. The molecule has 4 rings (SSSR count). The minimum absolute atomic E-state index is 0.0534. The van der Waals surface area contributed by atoms with Crippen LogP contribution in [0.15, 0.2) is 54.1 Å². The first-order chi connectivity index (χ1) is 14.0. The molecule has 1 N–H and O–H groups in total. The van der Waals surface area contributed by atoms with E-state index in [1.807, 2.05) is 0 Å². The molecular formula is C22H19Cl2NO4. The van der Waals surface area contributed by atoms with Gasteiger partial charge in [0.1, 0.15) is 5.76 Å². The van der Waals surface area contributed by atoms with Gasteiger partial charge in [0.25, 0.3) is 11.7 Å². The van der Waals surface area contributed by atoms with Crippen LogP contribution in [0, 0.1) is 0 Å². The number of amides is 1. The molecule has 5 nitrogen and oxygen atoms in total. The molecule has 2 aliphatic rings. The highest BCUT2D eigenvalue weighted by atomic mass is 35.5. The second kappa shape index (κ2) is 8.19. The van der Waals surface area contributed by atoms with E-state index in [0.717, 1.165) is 12.8 Å². The molecule has 29 heavy (non-hydrogen) atoms. The van der Waals surface area contributed by atoms with Crippen molar-refractivity contribution in [2.45, 2.75) is 25.0 Å². The van der Waals surface area contributed by atoms with Crippen LogP contribution < -0.4 is 0 Å². The number of Topliss-reactive ketones (excluding diaryl/α,β-unsaturated/α-hetero) is 1. The maximum Gasteiger partial charge on any atom is 0.295 e. The Labute approximate surface area is 178 Å². The summed E-state index contributed by atoms with van der Waals surface area (Å²) in [4.78, 5) is 27.3. The van der Waals surface area contributed by atoms with E-state index in [-0.39, 0.29) is 24.0 Å². The molecule has 2 heterocycles. The van der Waals surface area contributed by atoms with Gasteiger partial charge in [-0.15, -0.1) is 0 Å². The standard InChI is InChI=1S/C22H19Cl2NO4/c23-15-7-3-13(4-8-15)19-18(20(26)14-5-9-16(24)10-6-14)21(27)22(28)25(19)12-17-2-1-11-29-17/h3-10,17,19,26H,1-2,11-12H2. The van der Waals surface area contributed by atoms with Crippen molar-refractivity contribution in [3.8, 4) is 0 Å². The number of carbonyl (C=O) groups excluding carboxylic acids is 2. The molecular weight excluding hydrogens is 413 g/mol. The van der Waals surface area contributed by atoms with Crippen LogP contribution in [0.3, 0.4) is 0 Å². The maximum atomic E-state index is 12.9. The third kappa shape index (κ3) is 3.90. The number of carbonyl (C=O) groups is 2. The number of benzene rings is 2. The van der Waals surface area contributed by atoms with Gasteiger partial charge in [0.05, 0.1) is 17.7 Å². The van der Waals surface area contributed by atoms with Crippen LogP contribution >= 0.6 is 23.2 Å². The van der Waals surface area contributed by atoms with Crippen LogP contribution in [-0.4, -0.2) is 41.0 Å². The lowest BCUT2D eigenvalue weighted by atomic mass is 9.95. The molecule has 7 heteroatoms.